The molecule has 168 valence electrons. The quantitative estimate of drug-likeness (QED) is 0.732. The molecule has 3 heterocycles. The van der Waals surface area contributed by atoms with E-state index in [4.69, 9.17) is 9.26 Å². The van der Waals surface area contributed by atoms with Crippen LogP contribution in [0.4, 0.5) is 13.2 Å². The molecule has 0 saturated carbocycles. The molecule has 2 aliphatic heterocycles. The molecule has 0 unspecified atom stereocenters. The van der Waals surface area contributed by atoms with Crippen LogP contribution in [0.5, 0.6) is 0 Å². The van der Waals surface area contributed by atoms with Crippen LogP contribution in [0.25, 0.3) is 0 Å². The Labute approximate surface area is 178 Å². The lowest BCUT2D eigenvalue weighted by Crippen LogP contribution is -2.40. The van der Waals surface area contributed by atoms with Gasteiger partial charge in [-0.3, -0.25) is 9.69 Å². The number of amides is 1. The largest absolute Gasteiger partial charge is 0.416 e. The Morgan fingerprint density at radius 3 is 2.71 bits per heavy atom. The van der Waals surface area contributed by atoms with E-state index in [9.17, 15) is 18.0 Å². The lowest BCUT2D eigenvalue weighted by atomic mass is 9.87. The van der Waals surface area contributed by atoms with E-state index in [2.05, 4.69) is 10.1 Å². The highest BCUT2D eigenvalue weighted by molar-refractivity contribution is 5.79. The fourth-order valence-electron chi connectivity index (χ4n) is 4.57. The van der Waals surface area contributed by atoms with Gasteiger partial charge < -0.3 is 14.2 Å². The Morgan fingerprint density at radius 1 is 1.19 bits per heavy atom. The van der Waals surface area contributed by atoms with Gasteiger partial charge in [-0.2, -0.15) is 13.2 Å². The summed E-state index contributed by atoms with van der Waals surface area (Å²) in [5, 5.41) is 3.96. The number of carbonyl (C=O) groups is 1. The topological polar surface area (TPSA) is 58.8 Å². The normalized spacial score (nSPS) is 23.0. The van der Waals surface area contributed by atoms with E-state index in [1.807, 2.05) is 18.7 Å². The van der Waals surface area contributed by atoms with Crippen molar-refractivity contribution in [1.82, 2.24) is 15.0 Å². The van der Waals surface area contributed by atoms with Gasteiger partial charge in [0.2, 0.25) is 5.91 Å². The molecule has 2 aliphatic rings. The van der Waals surface area contributed by atoms with Gasteiger partial charge in [0, 0.05) is 43.6 Å². The van der Waals surface area contributed by atoms with Crippen molar-refractivity contribution >= 4 is 5.91 Å². The molecule has 6 nitrogen and oxygen atoms in total. The highest BCUT2D eigenvalue weighted by Crippen LogP contribution is 2.36. The van der Waals surface area contributed by atoms with Gasteiger partial charge in [0.1, 0.15) is 5.76 Å². The van der Waals surface area contributed by atoms with Crippen molar-refractivity contribution in [3.05, 3.63) is 52.4 Å². The number of nitrogens with zero attached hydrogens (tertiary/aromatic N) is 3. The number of rotatable bonds is 4. The molecule has 2 fully saturated rings. The SMILES string of the molecule is Cc1noc(C)c1CN1C[C@]2(COCCN(Cc3cccc(C(F)(F)F)c3)C2)CC1=O. The molecule has 0 aliphatic carbocycles. The maximum atomic E-state index is 13.1. The van der Waals surface area contributed by atoms with Crippen molar-refractivity contribution in [3.8, 4) is 0 Å². The number of benzene rings is 1. The lowest BCUT2D eigenvalue weighted by Gasteiger charge is -2.31. The average molecular weight is 437 g/mol. The molecule has 1 aromatic carbocycles. The third kappa shape index (κ3) is 4.77. The third-order valence-corrected chi connectivity index (χ3v) is 6.12. The predicted octanol–water partition coefficient (Wildman–Crippen LogP) is 3.56. The van der Waals surface area contributed by atoms with Gasteiger partial charge in [-0.1, -0.05) is 23.4 Å². The van der Waals surface area contributed by atoms with Crippen LogP contribution in [0.15, 0.2) is 28.8 Å². The van der Waals surface area contributed by atoms with Gasteiger partial charge in [0.05, 0.1) is 31.0 Å². The Kier molecular flexibility index (Phi) is 5.83. The minimum Gasteiger partial charge on any atom is -0.379 e. The second-order valence-electron chi connectivity index (χ2n) is 8.69. The highest BCUT2D eigenvalue weighted by atomic mass is 19.4. The van der Waals surface area contributed by atoms with Crippen molar-refractivity contribution in [3.63, 3.8) is 0 Å². The van der Waals surface area contributed by atoms with Crippen LogP contribution in [-0.4, -0.2) is 53.7 Å². The molecule has 1 spiro atoms. The molecule has 9 heteroatoms. The number of carbonyl (C=O) groups excluding carboxylic acids is 1. The molecule has 0 radical (unpaired) electrons. The van der Waals surface area contributed by atoms with Crippen molar-refractivity contribution in [2.75, 3.05) is 32.8 Å². The van der Waals surface area contributed by atoms with E-state index in [1.165, 1.54) is 12.1 Å². The summed E-state index contributed by atoms with van der Waals surface area (Å²) in [6.07, 6.45) is -4.01. The summed E-state index contributed by atoms with van der Waals surface area (Å²) >= 11 is 0. The van der Waals surface area contributed by atoms with Gasteiger partial charge in [0.15, 0.2) is 0 Å². The van der Waals surface area contributed by atoms with Gasteiger partial charge in [-0.25, -0.2) is 0 Å². The van der Waals surface area contributed by atoms with E-state index in [0.29, 0.717) is 63.7 Å². The molecule has 2 aromatic rings. The Balaban J connectivity index is 1.48. The number of likely N-dealkylation sites (tertiary alicyclic amines) is 1. The number of halogens is 3. The zero-order valence-corrected chi connectivity index (χ0v) is 17.7. The zero-order valence-electron chi connectivity index (χ0n) is 17.7. The monoisotopic (exact) mass is 437 g/mol. The molecule has 4 rings (SSSR count). The van der Waals surface area contributed by atoms with Crippen LogP contribution in [0, 0.1) is 19.3 Å². The van der Waals surface area contributed by atoms with Crippen molar-refractivity contribution < 1.29 is 27.2 Å². The van der Waals surface area contributed by atoms with E-state index >= 15 is 0 Å². The fraction of sp³-hybridized carbons (Fsp3) is 0.545. The highest BCUT2D eigenvalue weighted by Gasteiger charge is 2.45. The maximum absolute atomic E-state index is 13.1. The predicted molar refractivity (Wildman–Crippen MR) is 106 cm³/mol. The van der Waals surface area contributed by atoms with Crippen LogP contribution in [0.3, 0.4) is 0 Å². The number of hydrogen-bond acceptors (Lipinski definition) is 5. The maximum Gasteiger partial charge on any atom is 0.416 e. The number of ether oxygens (including phenoxy) is 1. The molecule has 0 bridgehead atoms. The van der Waals surface area contributed by atoms with E-state index in [1.54, 1.807) is 6.07 Å². The molecule has 1 atom stereocenters. The van der Waals surface area contributed by atoms with Gasteiger partial charge >= 0.3 is 6.18 Å². The number of alkyl halides is 3. The smallest absolute Gasteiger partial charge is 0.379 e. The minimum absolute atomic E-state index is 0.0459. The van der Waals surface area contributed by atoms with Gasteiger partial charge in [-0.05, 0) is 25.5 Å². The first kappa shape index (κ1) is 21.8. The summed E-state index contributed by atoms with van der Waals surface area (Å²) in [4.78, 5) is 16.7. The summed E-state index contributed by atoms with van der Waals surface area (Å²) in [6, 6.07) is 5.42. The summed E-state index contributed by atoms with van der Waals surface area (Å²) in [5.41, 5.74) is 1.26. The Bertz CT molecular complexity index is 939. The fourth-order valence-corrected chi connectivity index (χ4v) is 4.57. The standard InChI is InChI=1S/C22H26F3N3O3/c1-15-19(16(2)31-26-15)11-28-13-21(9-20(28)29)12-27(6-7-30-14-21)10-17-4-3-5-18(8-17)22(23,24)25/h3-5,8H,6-7,9-14H2,1-2H3/t21-/m0/s1. The zero-order chi connectivity index (χ0) is 22.2. The molecular weight excluding hydrogens is 411 g/mol. The van der Waals surface area contributed by atoms with Crippen LogP contribution >= 0.6 is 0 Å². The second-order valence-corrected chi connectivity index (χ2v) is 8.69. The molecule has 1 amide bonds. The average Bonchev–Trinajstić information content (AvgIpc) is 3.09. The second kappa shape index (κ2) is 8.27. The first-order chi connectivity index (χ1) is 14.7. The van der Waals surface area contributed by atoms with Crippen molar-refractivity contribution in [1.29, 1.82) is 0 Å². The van der Waals surface area contributed by atoms with E-state index < -0.39 is 11.7 Å². The first-order valence-corrected chi connectivity index (χ1v) is 10.3. The Hall–Kier alpha value is -2.39. The van der Waals surface area contributed by atoms with Crippen LogP contribution in [0.1, 0.15) is 34.6 Å². The lowest BCUT2D eigenvalue weighted by molar-refractivity contribution is -0.137. The van der Waals surface area contributed by atoms with Gasteiger partial charge in [0.25, 0.3) is 0 Å². The molecule has 1 aromatic heterocycles. The van der Waals surface area contributed by atoms with Crippen molar-refractivity contribution in [2.24, 2.45) is 5.41 Å². The van der Waals surface area contributed by atoms with Crippen LogP contribution < -0.4 is 0 Å². The Morgan fingerprint density at radius 2 is 2.00 bits per heavy atom. The number of hydrogen-bond donors (Lipinski definition) is 0. The summed E-state index contributed by atoms with van der Waals surface area (Å²) in [6.45, 7) is 7.18. The minimum atomic E-state index is -4.37. The van der Waals surface area contributed by atoms with Crippen LogP contribution in [0.2, 0.25) is 0 Å². The summed E-state index contributed by atoms with van der Waals surface area (Å²) in [7, 11) is 0. The van der Waals surface area contributed by atoms with Gasteiger partial charge in [-0.15, -0.1) is 0 Å². The molecule has 2 saturated heterocycles. The number of aromatic nitrogens is 1. The van der Waals surface area contributed by atoms with E-state index in [0.717, 1.165) is 17.3 Å². The molecular formula is C22H26F3N3O3. The molecule has 31 heavy (non-hydrogen) atoms. The van der Waals surface area contributed by atoms with E-state index in [-0.39, 0.29) is 11.3 Å². The first-order valence-electron chi connectivity index (χ1n) is 10.3. The third-order valence-electron chi connectivity index (χ3n) is 6.12. The summed E-state index contributed by atoms with van der Waals surface area (Å²) < 4.78 is 50.2. The summed E-state index contributed by atoms with van der Waals surface area (Å²) in [5.74, 6) is 0.749. The molecule has 0 N–H and O–H groups in total. The van der Waals surface area contributed by atoms with Crippen molar-refractivity contribution in [2.45, 2.75) is 39.5 Å². The number of aryl methyl sites for hydroxylation is 2. The van der Waals surface area contributed by atoms with Crippen LogP contribution in [-0.2, 0) is 28.8 Å².